The lowest BCUT2D eigenvalue weighted by Gasteiger charge is -2.10. The number of hydrogen-bond donors (Lipinski definition) is 0. The van der Waals surface area contributed by atoms with Crippen LogP contribution in [0.2, 0.25) is 0 Å². The van der Waals surface area contributed by atoms with Crippen LogP contribution in [0.5, 0.6) is 17.2 Å². The number of hydrogen-bond acceptors (Lipinski definition) is 6. The van der Waals surface area contributed by atoms with E-state index in [1.165, 1.54) is 7.11 Å². The molecule has 0 unspecified atom stereocenters. The summed E-state index contributed by atoms with van der Waals surface area (Å²) in [6.07, 6.45) is 0. The van der Waals surface area contributed by atoms with E-state index in [0.717, 1.165) is 0 Å². The van der Waals surface area contributed by atoms with Gasteiger partial charge in [0.2, 0.25) is 0 Å². The third kappa shape index (κ3) is 4.74. The van der Waals surface area contributed by atoms with Gasteiger partial charge in [-0.05, 0) is 36.4 Å². The zero-order chi connectivity index (χ0) is 17.4. The highest BCUT2D eigenvalue weighted by atomic mass is 16.6. The first kappa shape index (κ1) is 17.3. The van der Waals surface area contributed by atoms with Gasteiger partial charge in [-0.3, -0.25) is 4.79 Å². The molecule has 0 aromatic heterocycles. The summed E-state index contributed by atoms with van der Waals surface area (Å²) in [5.74, 6) is 0.651. The smallest absolute Gasteiger partial charge is 0.344 e. The van der Waals surface area contributed by atoms with Crippen molar-refractivity contribution in [1.29, 1.82) is 0 Å². The van der Waals surface area contributed by atoms with Crippen LogP contribution in [0.15, 0.2) is 48.5 Å². The van der Waals surface area contributed by atoms with E-state index in [1.807, 2.05) is 0 Å². The second kappa shape index (κ2) is 8.57. The molecule has 0 atom stereocenters. The van der Waals surface area contributed by atoms with E-state index < -0.39 is 5.97 Å². The third-order valence-electron chi connectivity index (χ3n) is 3.19. The predicted molar refractivity (Wildman–Crippen MR) is 86.8 cm³/mol. The molecule has 2 aromatic rings. The summed E-state index contributed by atoms with van der Waals surface area (Å²) in [6, 6.07) is 13.5. The summed E-state index contributed by atoms with van der Waals surface area (Å²) in [6.45, 7) is -0.656. The Morgan fingerprint density at radius 2 is 1.50 bits per heavy atom. The molecule has 0 saturated heterocycles. The van der Waals surface area contributed by atoms with Crippen LogP contribution in [-0.2, 0) is 9.53 Å². The van der Waals surface area contributed by atoms with Crippen molar-refractivity contribution < 1.29 is 28.5 Å². The zero-order valence-electron chi connectivity index (χ0n) is 13.5. The Morgan fingerprint density at radius 1 is 0.833 bits per heavy atom. The highest BCUT2D eigenvalue weighted by Gasteiger charge is 2.12. The van der Waals surface area contributed by atoms with Crippen LogP contribution in [0.1, 0.15) is 10.4 Å². The molecule has 0 aliphatic heterocycles. The van der Waals surface area contributed by atoms with Gasteiger partial charge in [-0.15, -0.1) is 0 Å². The number of ketones is 1. The minimum atomic E-state index is -0.636. The van der Waals surface area contributed by atoms with Crippen LogP contribution >= 0.6 is 0 Å². The van der Waals surface area contributed by atoms with Crippen molar-refractivity contribution in [2.24, 2.45) is 0 Å². The standard InChI is InChI=1S/C18H18O6/c1-21-14-9-7-13(8-10-14)15(19)11-24-18(20)12-23-17-6-4-3-5-16(17)22-2/h3-10H,11-12H2,1-2H3. The molecule has 0 aliphatic carbocycles. The maximum Gasteiger partial charge on any atom is 0.344 e. The molecule has 0 spiro atoms. The average Bonchev–Trinajstić information content (AvgIpc) is 2.64. The molecule has 0 radical (unpaired) electrons. The van der Waals surface area contributed by atoms with Crippen molar-refractivity contribution in [1.82, 2.24) is 0 Å². The minimum Gasteiger partial charge on any atom is -0.497 e. The Kier molecular flexibility index (Phi) is 6.19. The highest BCUT2D eigenvalue weighted by Crippen LogP contribution is 2.25. The highest BCUT2D eigenvalue weighted by molar-refractivity contribution is 5.98. The van der Waals surface area contributed by atoms with Crippen LogP contribution in [0.25, 0.3) is 0 Å². The number of carbonyl (C=O) groups excluding carboxylic acids is 2. The van der Waals surface area contributed by atoms with Crippen molar-refractivity contribution in [3.05, 3.63) is 54.1 Å². The molecule has 0 amide bonds. The first-order chi connectivity index (χ1) is 11.6. The molecule has 126 valence electrons. The molecule has 6 nitrogen and oxygen atoms in total. The topological polar surface area (TPSA) is 71.1 Å². The van der Waals surface area contributed by atoms with Gasteiger partial charge in [0.25, 0.3) is 0 Å². The van der Waals surface area contributed by atoms with E-state index in [-0.39, 0.29) is 19.0 Å². The number of carbonyl (C=O) groups is 2. The molecule has 0 fully saturated rings. The van der Waals surface area contributed by atoms with Gasteiger partial charge in [-0.25, -0.2) is 4.79 Å². The van der Waals surface area contributed by atoms with E-state index in [4.69, 9.17) is 18.9 Å². The maximum atomic E-state index is 11.9. The first-order valence-corrected chi connectivity index (χ1v) is 7.22. The van der Waals surface area contributed by atoms with Crippen LogP contribution in [-0.4, -0.2) is 39.2 Å². The Bertz CT molecular complexity index is 693. The van der Waals surface area contributed by atoms with Crippen molar-refractivity contribution >= 4 is 11.8 Å². The SMILES string of the molecule is COc1ccc(C(=O)COC(=O)COc2ccccc2OC)cc1. The van der Waals surface area contributed by atoms with Gasteiger partial charge in [0, 0.05) is 5.56 Å². The fraction of sp³-hybridized carbons (Fsp3) is 0.222. The van der Waals surface area contributed by atoms with E-state index >= 15 is 0 Å². The number of para-hydroxylation sites is 2. The molecular formula is C18H18O6. The van der Waals surface area contributed by atoms with E-state index in [0.29, 0.717) is 22.8 Å². The number of ether oxygens (including phenoxy) is 4. The zero-order valence-corrected chi connectivity index (χ0v) is 13.5. The summed E-state index contributed by atoms with van der Waals surface area (Å²) < 4.78 is 20.4. The van der Waals surface area contributed by atoms with Crippen LogP contribution in [0, 0.1) is 0 Å². The largest absolute Gasteiger partial charge is 0.497 e. The van der Waals surface area contributed by atoms with E-state index in [9.17, 15) is 9.59 Å². The van der Waals surface area contributed by atoms with Gasteiger partial charge in [0.1, 0.15) is 5.75 Å². The van der Waals surface area contributed by atoms with Gasteiger partial charge >= 0.3 is 5.97 Å². The molecular weight excluding hydrogens is 312 g/mol. The predicted octanol–water partition coefficient (Wildman–Crippen LogP) is 2.51. The van der Waals surface area contributed by atoms with Crippen molar-refractivity contribution in [2.45, 2.75) is 0 Å². The fourth-order valence-electron chi connectivity index (χ4n) is 1.92. The summed E-state index contributed by atoms with van der Waals surface area (Å²) in [4.78, 5) is 23.6. The van der Waals surface area contributed by atoms with Gasteiger partial charge in [0.15, 0.2) is 30.5 Å². The number of rotatable bonds is 8. The lowest BCUT2D eigenvalue weighted by molar-refractivity contribution is -0.144. The summed E-state index contributed by atoms with van der Waals surface area (Å²) >= 11 is 0. The average molecular weight is 330 g/mol. The Labute approximate surface area is 139 Å². The van der Waals surface area contributed by atoms with E-state index in [2.05, 4.69) is 0 Å². The van der Waals surface area contributed by atoms with Crippen molar-refractivity contribution in [3.8, 4) is 17.2 Å². The molecule has 0 N–H and O–H groups in total. The first-order valence-electron chi connectivity index (χ1n) is 7.22. The normalized spacial score (nSPS) is 9.92. The molecule has 6 heteroatoms. The van der Waals surface area contributed by atoms with Gasteiger partial charge in [-0.2, -0.15) is 0 Å². The number of benzene rings is 2. The summed E-state index contributed by atoms with van der Waals surface area (Å²) in [5, 5.41) is 0. The van der Waals surface area contributed by atoms with Crippen LogP contribution in [0.4, 0.5) is 0 Å². The Hall–Kier alpha value is -3.02. The van der Waals surface area contributed by atoms with Crippen LogP contribution in [0.3, 0.4) is 0 Å². The second-order valence-electron chi connectivity index (χ2n) is 4.75. The molecule has 2 rings (SSSR count). The lowest BCUT2D eigenvalue weighted by Crippen LogP contribution is -2.19. The number of Topliss-reactive ketones (excluding diaryl/α,β-unsaturated/α-hetero) is 1. The fourth-order valence-corrected chi connectivity index (χ4v) is 1.92. The second-order valence-corrected chi connectivity index (χ2v) is 4.75. The van der Waals surface area contributed by atoms with Crippen molar-refractivity contribution in [3.63, 3.8) is 0 Å². The van der Waals surface area contributed by atoms with Gasteiger partial charge in [0.05, 0.1) is 14.2 Å². The molecule has 24 heavy (non-hydrogen) atoms. The Morgan fingerprint density at radius 3 is 2.12 bits per heavy atom. The molecule has 0 aliphatic rings. The van der Waals surface area contributed by atoms with E-state index in [1.54, 1.807) is 55.6 Å². The van der Waals surface area contributed by atoms with Crippen molar-refractivity contribution in [2.75, 3.05) is 27.4 Å². The summed E-state index contributed by atoms with van der Waals surface area (Å²) in [7, 11) is 3.05. The quantitative estimate of drug-likeness (QED) is 0.547. The molecule has 0 bridgehead atoms. The van der Waals surface area contributed by atoms with Gasteiger partial charge in [-0.1, -0.05) is 12.1 Å². The molecule has 0 saturated carbocycles. The lowest BCUT2D eigenvalue weighted by atomic mass is 10.1. The Balaban J connectivity index is 1.81. The summed E-state index contributed by atoms with van der Waals surface area (Å²) in [5.41, 5.74) is 0.439. The third-order valence-corrected chi connectivity index (χ3v) is 3.19. The minimum absolute atomic E-state index is 0.303. The van der Waals surface area contributed by atoms with Gasteiger partial charge < -0.3 is 18.9 Å². The maximum absolute atomic E-state index is 11.9. The number of esters is 1. The number of methoxy groups -OCH3 is 2. The molecule has 2 aromatic carbocycles. The monoisotopic (exact) mass is 330 g/mol. The van der Waals surface area contributed by atoms with Crippen LogP contribution < -0.4 is 14.2 Å². The molecule has 0 heterocycles.